The zero-order valence-electron chi connectivity index (χ0n) is 11.1. The second-order valence-electron chi connectivity index (χ2n) is 5.14. The van der Waals surface area contributed by atoms with Gasteiger partial charge < -0.3 is 0 Å². The zero-order valence-corrected chi connectivity index (χ0v) is 11.1. The van der Waals surface area contributed by atoms with Gasteiger partial charge in [0.05, 0.1) is 5.69 Å². The van der Waals surface area contributed by atoms with E-state index in [1.165, 1.54) is 32.1 Å². The topological polar surface area (TPSA) is 32.3 Å². The SMILES string of the molecule is CN(NC(=O)CC1CCCCC1)c1ccccc1. The average molecular weight is 246 g/mol. The molecule has 1 fully saturated rings. The molecule has 0 spiro atoms. The van der Waals surface area contributed by atoms with Crippen molar-refractivity contribution in [1.82, 2.24) is 5.43 Å². The summed E-state index contributed by atoms with van der Waals surface area (Å²) in [4.78, 5) is 11.9. The summed E-state index contributed by atoms with van der Waals surface area (Å²) < 4.78 is 0. The van der Waals surface area contributed by atoms with Crippen LogP contribution in [0.5, 0.6) is 0 Å². The normalized spacial score (nSPS) is 16.3. The Morgan fingerprint density at radius 2 is 1.89 bits per heavy atom. The summed E-state index contributed by atoms with van der Waals surface area (Å²) in [5.41, 5.74) is 3.95. The smallest absolute Gasteiger partial charge is 0.238 e. The lowest BCUT2D eigenvalue weighted by atomic mass is 9.87. The molecular weight excluding hydrogens is 224 g/mol. The molecule has 1 N–H and O–H groups in total. The lowest BCUT2D eigenvalue weighted by Crippen LogP contribution is -2.40. The van der Waals surface area contributed by atoms with E-state index in [2.05, 4.69) is 5.43 Å². The highest BCUT2D eigenvalue weighted by atomic mass is 16.2. The van der Waals surface area contributed by atoms with Crippen molar-refractivity contribution in [3.8, 4) is 0 Å². The van der Waals surface area contributed by atoms with E-state index in [-0.39, 0.29) is 5.91 Å². The van der Waals surface area contributed by atoms with Gasteiger partial charge in [0, 0.05) is 13.5 Å². The summed E-state index contributed by atoms with van der Waals surface area (Å²) in [6.07, 6.45) is 6.99. The van der Waals surface area contributed by atoms with E-state index < -0.39 is 0 Å². The Hall–Kier alpha value is -1.51. The van der Waals surface area contributed by atoms with Crippen molar-refractivity contribution in [2.24, 2.45) is 5.92 Å². The number of nitrogens with zero attached hydrogens (tertiary/aromatic N) is 1. The molecule has 0 aromatic heterocycles. The van der Waals surface area contributed by atoms with Crippen LogP contribution in [-0.4, -0.2) is 13.0 Å². The number of hydrogen-bond acceptors (Lipinski definition) is 2. The highest BCUT2D eigenvalue weighted by Gasteiger charge is 2.17. The predicted octanol–water partition coefficient (Wildman–Crippen LogP) is 3.12. The van der Waals surface area contributed by atoms with Gasteiger partial charge in [-0.2, -0.15) is 0 Å². The Morgan fingerprint density at radius 3 is 2.56 bits per heavy atom. The number of carbonyl (C=O) groups is 1. The van der Waals surface area contributed by atoms with Crippen LogP contribution in [0.4, 0.5) is 5.69 Å². The number of nitrogens with one attached hydrogen (secondary N) is 1. The number of para-hydroxylation sites is 1. The first-order valence-electron chi connectivity index (χ1n) is 6.84. The molecule has 1 aliphatic carbocycles. The fraction of sp³-hybridized carbons (Fsp3) is 0.533. The summed E-state index contributed by atoms with van der Waals surface area (Å²) in [5.74, 6) is 0.719. The summed E-state index contributed by atoms with van der Waals surface area (Å²) in [5, 5.41) is 1.80. The van der Waals surface area contributed by atoms with Crippen molar-refractivity contribution in [2.75, 3.05) is 12.1 Å². The highest BCUT2D eigenvalue weighted by molar-refractivity contribution is 5.78. The number of carbonyl (C=O) groups excluding carboxylic acids is 1. The van der Waals surface area contributed by atoms with Crippen molar-refractivity contribution in [3.05, 3.63) is 30.3 Å². The van der Waals surface area contributed by atoms with E-state index in [0.29, 0.717) is 12.3 Å². The number of anilines is 1. The van der Waals surface area contributed by atoms with Gasteiger partial charge in [-0.1, -0.05) is 37.5 Å². The van der Waals surface area contributed by atoms with Crippen LogP contribution in [0.25, 0.3) is 0 Å². The van der Waals surface area contributed by atoms with Gasteiger partial charge in [0.2, 0.25) is 5.91 Å². The van der Waals surface area contributed by atoms with Gasteiger partial charge >= 0.3 is 0 Å². The minimum atomic E-state index is 0.133. The molecule has 1 aliphatic rings. The molecule has 98 valence electrons. The van der Waals surface area contributed by atoms with Crippen LogP contribution in [0, 0.1) is 5.92 Å². The molecule has 0 radical (unpaired) electrons. The van der Waals surface area contributed by atoms with Gasteiger partial charge in [-0.15, -0.1) is 0 Å². The molecule has 3 heteroatoms. The summed E-state index contributed by atoms with van der Waals surface area (Å²) in [6.45, 7) is 0. The molecule has 0 unspecified atom stereocenters. The quantitative estimate of drug-likeness (QED) is 0.828. The third kappa shape index (κ3) is 3.76. The molecule has 1 saturated carbocycles. The maximum atomic E-state index is 11.9. The Morgan fingerprint density at radius 1 is 1.22 bits per heavy atom. The van der Waals surface area contributed by atoms with E-state index >= 15 is 0 Å². The molecule has 1 aromatic carbocycles. The molecule has 18 heavy (non-hydrogen) atoms. The largest absolute Gasteiger partial charge is 0.289 e. The fourth-order valence-corrected chi connectivity index (χ4v) is 2.60. The van der Waals surface area contributed by atoms with Gasteiger partial charge in [-0.25, -0.2) is 0 Å². The van der Waals surface area contributed by atoms with E-state index in [4.69, 9.17) is 0 Å². The molecule has 0 bridgehead atoms. The third-order valence-electron chi connectivity index (χ3n) is 3.63. The van der Waals surface area contributed by atoms with E-state index in [1.54, 1.807) is 5.01 Å². The van der Waals surface area contributed by atoms with E-state index in [0.717, 1.165) is 5.69 Å². The molecule has 0 atom stereocenters. The summed E-state index contributed by atoms with van der Waals surface area (Å²) >= 11 is 0. The molecule has 0 aliphatic heterocycles. The number of hydrazine groups is 1. The Balaban J connectivity index is 1.80. The Bertz CT molecular complexity index is 371. The van der Waals surface area contributed by atoms with Crippen molar-refractivity contribution in [3.63, 3.8) is 0 Å². The number of rotatable bonds is 4. The number of benzene rings is 1. The molecule has 1 amide bonds. The van der Waals surface area contributed by atoms with Gasteiger partial charge in [0.25, 0.3) is 0 Å². The van der Waals surface area contributed by atoms with Gasteiger partial charge in [0.15, 0.2) is 0 Å². The van der Waals surface area contributed by atoms with Crippen LogP contribution in [0.2, 0.25) is 0 Å². The number of amides is 1. The van der Waals surface area contributed by atoms with Gasteiger partial charge in [-0.05, 0) is 30.9 Å². The predicted molar refractivity (Wildman–Crippen MR) is 74.2 cm³/mol. The minimum absolute atomic E-state index is 0.133. The van der Waals surface area contributed by atoms with Crippen molar-refractivity contribution in [2.45, 2.75) is 38.5 Å². The summed E-state index contributed by atoms with van der Waals surface area (Å²) in [7, 11) is 1.88. The summed E-state index contributed by atoms with van der Waals surface area (Å²) in [6, 6.07) is 9.89. The molecule has 0 saturated heterocycles. The highest BCUT2D eigenvalue weighted by Crippen LogP contribution is 2.26. The lowest BCUT2D eigenvalue weighted by Gasteiger charge is -2.24. The lowest BCUT2D eigenvalue weighted by molar-refractivity contribution is -0.122. The second kappa shape index (κ2) is 6.43. The third-order valence-corrected chi connectivity index (χ3v) is 3.63. The first kappa shape index (κ1) is 12.9. The molecule has 2 rings (SSSR count). The Labute approximate surface area is 109 Å². The molecule has 1 aromatic rings. The first-order valence-corrected chi connectivity index (χ1v) is 6.84. The fourth-order valence-electron chi connectivity index (χ4n) is 2.60. The second-order valence-corrected chi connectivity index (χ2v) is 5.14. The van der Waals surface area contributed by atoms with Crippen molar-refractivity contribution in [1.29, 1.82) is 0 Å². The van der Waals surface area contributed by atoms with Crippen molar-refractivity contribution >= 4 is 11.6 Å². The molecular formula is C15H22N2O. The van der Waals surface area contributed by atoms with Crippen LogP contribution in [0.1, 0.15) is 38.5 Å². The standard InChI is InChI=1S/C15H22N2O/c1-17(14-10-6-3-7-11-14)16-15(18)12-13-8-4-2-5-9-13/h3,6-7,10-11,13H,2,4-5,8-9,12H2,1H3,(H,16,18). The zero-order chi connectivity index (χ0) is 12.8. The van der Waals surface area contributed by atoms with Crippen LogP contribution in [0.15, 0.2) is 30.3 Å². The van der Waals surface area contributed by atoms with Crippen LogP contribution < -0.4 is 10.4 Å². The van der Waals surface area contributed by atoms with Gasteiger partial charge in [0.1, 0.15) is 0 Å². The number of hydrogen-bond donors (Lipinski definition) is 1. The van der Waals surface area contributed by atoms with Crippen LogP contribution in [-0.2, 0) is 4.79 Å². The van der Waals surface area contributed by atoms with E-state index in [9.17, 15) is 4.79 Å². The van der Waals surface area contributed by atoms with Crippen LogP contribution >= 0.6 is 0 Å². The minimum Gasteiger partial charge on any atom is -0.289 e. The van der Waals surface area contributed by atoms with Crippen molar-refractivity contribution < 1.29 is 4.79 Å². The maximum absolute atomic E-state index is 11.9. The first-order chi connectivity index (χ1) is 8.75. The molecule has 0 heterocycles. The Kier molecular flexibility index (Phi) is 4.62. The maximum Gasteiger partial charge on any atom is 0.238 e. The average Bonchev–Trinajstić information content (AvgIpc) is 2.40. The molecule has 3 nitrogen and oxygen atoms in total. The van der Waals surface area contributed by atoms with E-state index in [1.807, 2.05) is 37.4 Å². The van der Waals surface area contributed by atoms with Crippen LogP contribution in [0.3, 0.4) is 0 Å². The monoisotopic (exact) mass is 246 g/mol. The van der Waals surface area contributed by atoms with Gasteiger partial charge in [-0.3, -0.25) is 15.2 Å².